The number of imidazole rings is 1. The normalized spacial score (nSPS) is 15.9. The molecule has 0 atom stereocenters. The van der Waals surface area contributed by atoms with Crippen LogP contribution in [-0.4, -0.2) is 79.5 Å². The number of aryl methyl sites for hydroxylation is 2. The van der Waals surface area contributed by atoms with Gasteiger partial charge in [-0.3, -0.25) is 19.3 Å². The Labute approximate surface area is 238 Å². The number of sulfonamides is 1. The predicted octanol–water partition coefficient (Wildman–Crippen LogP) is 2.32. The van der Waals surface area contributed by atoms with Crippen molar-refractivity contribution in [2.75, 3.05) is 49.7 Å². The van der Waals surface area contributed by atoms with E-state index in [1.165, 1.54) is 9.21 Å². The summed E-state index contributed by atoms with van der Waals surface area (Å²) in [5.74, 6) is -0.753. The van der Waals surface area contributed by atoms with E-state index in [1.54, 1.807) is 42.5 Å². The SMILES string of the molecule is CCCCn1c(CCC(=O)OCC(=O)N2CC(=O)Nc3ccccc32)nc2cc(S(=O)(=O)N3CCOCC3)ccc21. The second kappa shape index (κ2) is 12.4. The number of aromatic nitrogens is 2. The zero-order valence-corrected chi connectivity index (χ0v) is 23.7. The van der Waals surface area contributed by atoms with Crippen LogP contribution < -0.4 is 10.2 Å². The van der Waals surface area contributed by atoms with Crippen molar-refractivity contribution in [3.05, 3.63) is 48.3 Å². The van der Waals surface area contributed by atoms with E-state index < -0.39 is 28.5 Å². The summed E-state index contributed by atoms with van der Waals surface area (Å²) in [5, 5.41) is 2.72. The molecule has 0 bridgehead atoms. The van der Waals surface area contributed by atoms with Crippen LogP contribution in [0.2, 0.25) is 0 Å². The number of hydrogen-bond acceptors (Lipinski definition) is 8. The predicted molar refractivity (Wildman–Crippen MR) is 151 cm³/mol. The van der Waals surface area contributed by atoms with E-state index in [4.69, 9.17) is 9.47 Å². The summed E-state index contributed by atoms with van der Waals surface area (Å²) in [6.45, 7) is 3.43. The van der Waals surface area contributed by atoms with E-state index >= 15 is 0 Å². The van der Waals surface area contributed by atoms with E-state index in [9.17, 15) is 22.8 Å². The number of para-hydroxylation sites is 2. The summed E-state index contributed by atoms with van der Waals surface area (Å²) in [6.07, 6.45) is 2.07. The molecular formula is C28H33N5O7S. The Bertz CT molecular complexity index is 1560. The van der Waals surface area contributed by atoms with E-state index in [0.29, 0.717) is 55.6 Å². The van der Waals surface area contributed by atoms with Crippen LogP contribution in [0.4, 0.5) is 11.4 Å². The Morgan fingerprint density at radius 3 is 2.68 bits per heavy atom. The molecule has 3 heterocycles. The molecule has 1 aromatic heterocycles. The highest BCUT2D eigenvalue weighted by Crippen LogP contribution is 2.29. The number of rotatable bonds is 10. The molecule has 5 rings (SSSR count). The Balaban J connectivity index is 1.26. The fourth-order valence-electron chi connectivity index (χ4n) is 4.97. The lowest BCUT2D eigenvalue weighted by atomic mass is 10.2. The van der Waals surface area contributed by atoms with Gasteiger partial charge in [-0.1, -0.05) is 25.5 Å². The van der Waals surface area contributed by atoms with Crippen molar-refractivity contribution in [3.8, 4) is 0 Å². The van der Waals surface area contributed by atoms with E-state index in [1.807, 2.05) is 4.57 Å². The smallest absolute Gasteiger partial charge is 0.306 e. The summed E-state index contributed by atoms with van der Waals surface area (Å²) in [7, 11) is -3.68. The summed E-state index contributed by atoms with van der Waals surface area (Å²) in [4.78, 5) is 43.6. The maximum Gasteiger partial charge on any atom is 0.306 e. The number of carbonyl (C=O) groups excluding carboxylic acids is 3. The number of carbonyl (C=O) groups is 3. The van der Waals surface area contributed by atoms with Gasteiger partial charge in [-0.05, 0) is 36.8 Å². The number of fused-ring (bicyclic) bond motifs is 2. The van der Waals surface area contributed by atoms with Crippen molar-refractivity contribution in [1.29, 1.82) is 0 Å². The second-order valence-corrected chi connectivity index (χ2v) is 11.8. The zero-order valence-electron chi connectivity index (χ0n) is 22.9. The molecule has 0 spiro atoms. The number of benzene rings is 2. The molecule has 12 nitrogen and oxygen atoms in total. The number of hydrogen-bond donors (Lipinski definition) is 1. The van der Waals surface area contributed by atoms with Gasteiger partial charge in [0.2, 0.25) is 15.9 Å². The van der Waals surface area contributed by atoms with Crippen LogP contribution in [0.3, 0.4) is 0 Å². The number of ether oxygens (including phenoxy) is 2. The Kier molecular flexibility index (Phi) is 8.66. The molecule has 1 saturated heterocycles. The molecule has 2 aliphatic heterocycles. The molecular weight excluding hydrogens is 550 g/mol. The highest BCUT2D eigenvalue weighted by molar-refractivity contribution is 7.89. The quantitative estimate of drug-likeness (QED) is 0.359. The van der Waals surface area contributed by atoms with Crippen LogP contribution in [0.1, 0.15) is 32.0 Å². The van der Waals surface area contributed by atoms with E-state index in [0.717, 1.165) is 18.4 Å². The maximum absolute atomic E-state index is 13.2. The first kappa shape index (κ1) is 28.7. The van der Waals surface area contributed by atoms with Crippen molar-refractivity contribution in [3.63, 3.8) is 0 Å². The third-order valence-corrected chi connectivity index (χ3v) is 9.02. The average Bonchev–Trinajstić information content (AvgIpc) is 3.34. The first-order valence-corrected chi connectivity index (χ1v) is 15.1. The maximum atomic E-state index is 13.2. The average molecular weight is 584 g/mol. The third kappa shape index (κ3) is 6.26. The minimum absolute atomic E-state index is 0.0151. The molecule has 2 aliphatic rings. The fraction of sp³-hybridized carbons (Fsp3) is 0.429. The van der Waals surface area contributed by atoms with Crippen LogP contribution in [0.5, 0.6) is 0 Å². The number of morpholine rings is 1. The van der Waals surface area contributed by atoms with Crippen LogP contribution in [0.15, 0.2) is 47.4 Å². The van der Waals surface area contributed by atoms with Crippen molar-refractivity contribution >= 4 is 50.2 Å². The lowest BCUT2D eigenvalue weighted by Gasteiger charge is -2.28. The van der Waals surface area contributed by atoms with Gasteiger partial charge in [-0.2, -0.15) is 4.31 Å². The minimum atomic E-state index is -3.68. The van der Waals surface area contributed by atoms with Crippen molar-refractivity contribution in [2.45, 2.75) is 44.0 Å². The zero-order chi connectivity index (χ0) is 29.0. The van der Waals surface area contributed by atoms with Gasteiger partial charge < -0.3 is 19.4 Å². The Morgan fingerprint density at radius 1 is 1.12 bits per heavy atom. The van der Waals surface area contributed by atoms with Gasteiger partial charge in [-0.15, -0.1) is 0 Å². The number of anilines is 2. The standard InChI is InChI=1S/C28H33N5O7S/c1-2-3-12-32-24-9-8-20(41(37,38)31-13-15-39-16-14-31)17-22(24)29-25(32)10-11-28(36)40-19-27(35)33-18-26(34)30-21-6-4-5-7-23(21)33/h4-9,17H,2-3,10-16,18-19H2,1H3,(H,30,34). The highest BCUT2D eigenvalue weighted by atomic mass is 32.2. The van der Waals surface area contributed by atoms with Crippen molar-refractivity contribution in [2.24, 2.45) is 0 Å². The number of esters is 1. The van der Waals surface area contributed by atoms with Crippen LogP contribution in [0, 0.1) is 0 Å². The van der Waals surface area contributed by atoms with Crippen LogP contribution >= 0.6 is 0 Å². The topological polar surface area (TPSA) is 140 Å². The van der Waals surface area contributed by atoms with Crippen LogP contribution in [-0.2, 0) is 46.8 Å². The molecule has 0 aliphatic carbocycles. The molecule has 0 saturated carbocycles. The summed E-state index contributed by atoms with van der Waals surface area (Å²) in [5.41, 5.74) is 2.40. The first-order valence-electron chi connectivity index (χ1n) is 13.7. The molecule has 2 aromatic carbocycles. The molecule has 1 fully saturated rings. The van der Waals surface area contributed by atoms with E-state index in [-0.39, 0.29) is 30.2 Å². The molecule has 2 amide bonds. The van der Waals surface area contributed by atoms with E-state index in [2.05, 4.69) is 17.2 Å². The number of nitrogens with zero attached hydrogens (tertiary/aromatic N) is 4. The van der Waals surface area contributed by atoms with Crippen molar-refractivity contribution in [1.82, 2.24) is 13.9 Å². The van der Waals surface area contributed by atoms with Gasteiger partial charge in [0.15, 0.2) is 6.61 Å². The molecule has 1 N–H and O–H groups in total. The largest absolute Gasteiger partial charge is 0.456 e. The molecule has 0 radical (unpaired) electrons. The minimum Gasteiger partial charge on any atom is -0.456 e. The van der Waals surface area contributed by atoms with Gasteiger partial charge in [0.25, 0.3) is 5.91 Å². The van der Waals surface area contributed by atoms with Gasteiger partial charge in [0, 0.05) is 26.1 Å². The number of nitrogens with one attached hydrogen (secondary N) is 1. The monoisotopic (exact) mass is 583 g/mol. The highest BCUT2D eigenvalue weighted by Gasteiger charge is 2.28. The number of amides is 2. The van der Waals surface area contributed by atoms with Gasteiger partial charge in [-0.25, -0.2) is 13.4 Å². The third-order valence-electron chi connectivity index (χ3n) is 7.12. The lowest BCUT2D eigenvalue weighted by Crippen LogP contribution is -2.44. The number of unbranched alkanes of at least 4 members (excludes halogenated alkanes) is 1. The fourth-order valence-corrected chi connectivity index (χ4v) is 6.40. The summed E-state index contributed by atoms with van der Waals surface area (Å²) >= 11 is 0. The second-order valence-electron chi connectivity index (χ2n) is 9.91. The Morgan fingerprint density at radius 2 is 1.90 bits per heavy atom. The van der Waals surface area contributed by atoms with Gasteiger partial charge in [0.1, 0.15) is 12.4 Å². The lowest BCUT2D eigenvalue weighted by molar-refractivity contribution is -0.147. The van der Waals surface area contributed by atoms with Crippen molar-refractivity contribution < 1.29 is 32.3 Å². The molecule has 218 valence electrons. The van der Waals surface area contributed by atoms with Gasteiger partial charge in [0.05, 0.1) is 46.9 Å². The molecule has 41 heavy (non-hydrogen) atoms. The van der Waals surface area contributed by atoms with Gasteiger partial charge >= 0.3 is 5.97 Å². The Hall–Kier alpha value is -3.81. The molecule has 0 unspecified atom stereocenters. The van der Waals surface area contributed by atoms with Crippen LogP contribution in [0.25, 0.3) is 11.0 Å². The summed E-state index contributed by atoms with van der Waals surface area (Å²) in [6, 6.07) is 11.9. The molecule has 3 aromatic rings. The molecule has 13 heteroatoms. The summed E-state index contributed by atoms with van der Waals surface area (Å²) < 4.78 is 40.3. The first-order chi connectivity index (χ1) is 19.8.